The van der Waals surface area contributed by atoms with Crippen LogP contribution in [0.25, 0.3) is 0 Å². The normalized spacial score (nSPS) is 15.8. The van der Waals surface area contributed by atoms with Crippen molar-refractivity contribution in [3.8, 4) is 11.5 Å². The van der Waals surface area contributed by atoms with Crippen molar-refractivity contribution in [2.45, 2.75) is 39.8 Å². The van der Waals surface area contributed by atoms with Crippen LogP contribution in [0.4, 0.5) is 0 Å². The lowest BCUT2D eigenvalue weighted by atomic mass is 10.1. The Kier molecular flexibility index (Phi) is 6.75. The van der Waals surface area contributed by atoms with Crippen molar-refractivity contribution < 1.29 is 9.84 Å². The minimum Gasteiger partial charge on any atom is -0.508 e. The maximum atomic E-state index is 10.2. The highest BCUT2D eigenvalue weighted by Crippen LogP contribution is 2.24. The highest BCUT2D eigenvalue weighted by Gasteiger charge is 2.19. The topological polar surface area (TPSA) is 35.9 Å². The molecule has 1 heterocycles. The van der Waals surface area contributed by atoms with Gasteiger partial charge in [-0.3, -0.25) is 9.80 Å². The monoisotopic (exact) mass is 368 g/mol. The second kappa shape index (κ2) is 9.25. The average Bonchev–Trinajstić information content (AvgIpc) is 2.71. The summed E-state index contributed by atoms with van der Waals surface area (Å²) >= 11 is 0. The number of methoxy groups -OCH3 is 1. The predicted octanol–water partition coefficient (Wildman–Crippen LogP) is 3.84. The lowest BCUT2D eigenvalue weighted by Gasteiger charge is -2.35. The van der Waals surface area contributed by atoms with E-state index in [1.165, 1.54) is 16.7 Å². The Balaban J connectivity index is 1.58. The average molecular weight is 369 g/mol. The summed E-state index contributed by atoms with van der Waals surface area (Å²) in [6.45, 7) is 10.2. The summed E-state index contributed by atoms with van der Waals surface area (Å²) in [5, 5.41) is 10.2. The lowest BCUT2D eigenvalue weighted by molar-refractivity contribution is 0.120. The number of aromatic hydroxyl groups is 1. The summed E-state index contributed by atoms with van der Waals surface area (Å²) in [6.07, 6.45) is 2.05. The molecule has 4 nitrogen and oxygen atoms in total. The SMILES string of the molecule is CCc1ccc(O)c(CN2CCN(Cc3cc(CC)ccc3OC)CC2)c1. The van der Waals surface area contributed by atoms with Gasteiger partial charge in [-0.1, -0.05) is 38.1 Å². The molecule has 0 unspecified atom stereocenters. The molecule has 0 spiro atoms. The van der Waals surface area contributed by atoms with E-state index in [1.54, 1.807) is 7.11 Å². The molecule has 4 heteroatoms. The number of nitrogens with zero attached hydrogens (tertiary/aromatic N) is 2. The van der Waals surface area contributed by atoms with E-state index in [4.69, 9.17) is 4.74 Å². The van der Waals surface area contributed by atoms with Crippen molar-refractivity contribution in [3.05, 3.63) is 58.7 Å². The smallest absolute Gasteiger partial charge is 0.123 e. The molecule has 3 rings (SSSR count). The molecule has 146 valence electrons. The molecule has 1 saturated heterocycles. The molecule has 27 heavy (non-hydrogen) atoms. The van der Waals surface area contributed by atoms with Gasteiger partial charge >= 0.3 is 0 Å². The van der Waals surface area contributed by atoms with Crippen molar-refractivity contribution in [2.75, 3.05) is 33.3 Å². The first-order valence-electron chi connectivity index (χ1n) is 10.0. The van der Waals surface area contributed by atoms with Gasteiger partial charge in [0, 0.05) is 50.4 Å². The zero-order chi connectivity index (χ0) is 19.2. The number of aryl methyl sites for hydroxylation is 2. The van der Waals surface area contributed by atoms with E-state index in [0.717, 1.165) is 63.4 Å². The molecular weight excluding hydrogens is 336 g/mol. The molecule has 1 N–H and O–H groups in total. The highest BCUT2D eigenvalue weighted by molar-refractivity contribution is 5.38. The molecular formula is C23H32N2O2. The largest absolute Gasteiger partial charge is 0.508 e. The number of hydrogen-bond donors (Lipinski definition) is 1. The van der Waals surface area contributed by atoms with E-state index in [9.17, 15) is 5.11 Å². The van der Waals surface area contributed by atoms with Crippen LogP contribution in [0.3, 0.4) is 0 Å². The van der Waals surface area contributed by atoms with Crippen LogP contribution < -0.4 is 4.74 Å². The van der Waals surface area contributed by atoms with Gasteiger partial charge in [-0.25, -0.2) is 0 Å². The van der Waals surface area contributed by atoms with Crippen molar-refractivity contribution in [1.29, 1.82) is 0 Å². The molecule has 1 aliphatic heterocycles. The number of ether oxygens (including phenoxy) is 1. The number of hydrogen-bond acceptors (Lipinski definition) is 4. The quantitative estimate of drug-likeness (QED) is 0.805. The number of phenolic OH excluding ortho intramolecular Hbond substituents is 1. The fourth-order valence-corrected chi connectivity index (χ4v) is 3.75. The molecule has 0 amide bonds. The van der Waals surface area contributed by atoms with Crippen LogP contribution in [0.5, 0.6) is 11.5 Å². The molecule has 2 aromatic carbocycles. The third-order valence-electron chi connectivity index (χ3n) is 5.56. The molecule has 0 aromatic heterocycles. The molecule has 1 aliphatic rings. The standard InChI is InChI=1S/C23H32N2O2/c1-4-18-6-8-22(26)20(14-18)16-24-10-12-25(13-11-24)17-21-15-19(5-2)7-9-23(21)27-3/h6-9,14-15,26H,4-5,10-13,16-17H2,1-3H3. The van der Waals surface area contributed by atoms with Crippen LogP contribution in [-0.4, -0.2) is 48.2 Å². The molecule has 1 fully saturated rings. The molecule has 0 atom stereocenters. The van der Waals surface area contributed by atoms with E-state index >= 15 is 0 Å². The number of piperazine rings is 1. The Hall–Kier alpha value is -2.04. The van der Waals surface area contributed by atoms with Gasteiger partial charge in [-0.15, -0.1) is 0 Å². The summed E-state index contributed by atoms with van der Waals surface area (Å²) in [6, 6.07) is 12.5. The maximum absolute atomic E-state index is 10.2. The van der Waals surface area contributed by atoms with E-state index in [0.29, 0.717) is 5.75 Å². The molecule has 0 aliphatic carbocycles. The van der Waals surface area contributed by atoms with Crippen LogP contribution in [0.2, 0.25) is 0 Å². The summed E-state index contributed by atoms with van der Waals surface area (Å²) in [5.74, 6) is 1.40. The molecule has 0 radical (unpaired) electrons. The summed E-state index contributed by atoms with van der Waals surface area (Å²) in [4.78, 5) is 4.93. The fourth-order valence-electron chi connectivity index (χ4n) is 3.75. The predicted molar refractivity (Wildman–Crippen MR) is 110 cm³/mol. The lowest BCUT2D eigenvalue weighted by Crippen LogP contribution is -2.45. The van der Waals surface area contributed by atoms with Crippen LogP contribution >= 0.6 is 0 Å². The second-order valence-electron chi connectivity index (χ2n) is 7.37. The van der Waals surface area contributed by atoms with Crippen molar-refractivity contribution >= 4 is 0 Å². The van der Waals surface area contributed by atoms with Crippen LogP contribution in [0, 0.1) is 0 Å². The number of benzene rings is 2. The van der Waals surface area contributed by atoms with Gasteiger partial charge in [0.1, 0.15) is 11.5 Å². The van der Waals surface area contributed by atoms with Crippen molar-refractivity contribution in [2.24, 2.45) is 0 Å². The first-order valence-corrected chi connectivity index (χ1v) is 10.0. The third kappa shape index (κ3) is 5.02. The van der Waals surface area contributed by atoms with Gasteiger partial charge < -0.3 is 9.84 Å². The van der Waals surface area contributed by atoms with Gasteiger partial charge in [0.2, 0.25) is 0 Å². The Morgan fingerprint density at radius 2 is 1.33 bits per heavy atom. The van der Waals surface area contributed by atoms with E-state index < -0.39 is 0 Å². The minimum absolute atomic E-state index is 0.413. The summed E-state index contributed by atoms with van der Waals surface area (Å²) in [5.41, 5.74) is 4.96. The van der Waals surface area contributed by atoms with Gasteiger partial charge in [-0.05, 0) is 36.1 Å². The first-order chi connectivity index (χ1) is 13.1. The van der Waals surface area contributed by atoms with Gasteiger partial charge in [-0.2, -0.15) is 0 Å². The van der Waals surface area contributed by atoms with Crippen LogP contribution in [-0.2, 0) is 25.9 Å². The van der Waals surface area contributed by atoms with E-state index in [-0.39, 0.29) is 0 Å². The molecule has 0 saturated carbocycles. The number of rotatable bonds is 7. The van der Waals surface area contributed by atoms with Crippen molar-refractivity contribution in [1.82, 2.24) is 9.80 Å². The van der Waals surface area contributed by atoms with E-state index in [1.807, 2.05) is 12.1 Å². The highest BCUT2D eigenvalue weighted by atomic mass is 16.5. The fraction of sp³-hybridized carbons (Fsp3) is 0.478. The second-order valence-corrected chi connectivity index (χ2v) is 7.37. The van der Waals surface area contributed by atoms with Gasteiger partial charge in [0.05, 0.1) is 7.11 Å². The minimum atomic E-state index is 0.413. The Bertz CT molecular complexity index is 752. The Morgan fingerprint density at radius 1 is 0.815 bits per heavy atom. The molecule has 0 bridgehead atoms. The molecule has 2 aromatic rings. The Morgan fingerprint density at radius 3 is 1.89 bits per heavy atom. The van der Waals surface area contributed by atoms with Gasteiger partial charge in [0.15, 0.2) is 0 Å². The third-order valence-corrected chi connectivity index (χ3v) is 5.56. The van der Waals surface area contributed by atoms with Crippen molar-refractivity contribution in [3.63, 3.8) is 0 Å². The first kappa shape index (κ1) is 19.7. The van der Waals surface area contributed by atoms with Crippen LogP contribution in [0.15, 0.2) is 36.4 Å². The number of phenols is 1. The van der Waals surface area contributed by atoms with E-state index in [2.05, 4.69) is 47.9 Å². The zero-order valence-corrected chi connectivity index (χ0v) is 16.9. The summed E-state index contributed by atoms with van der Waals surface area (Å²) < 4.78 is 5.56. The van der Waals surface area contributed by atoms with Crippen LogP contribution in [0.1, 0.15) is 36.1 Å². The van der Waals surface area contributed by atoms with Gasteiger partial charge in [0.25, 0.3) is 0 Å². The zero-order valence-electron chi connectivity index (χ0n) is 16.9. The summed E-state index contributed by atoms with van der Waals surface area (Å²) in [7, 11) is 1.75. The maximum Gasteiger partial charge on any atom is 0.123 e. The Labute approximate surface area is 163 Å².